The van der Waals surface area contributed by atoms with Gasteiger partial charge in [0.25, 0.3) is 0 Å². The molecule has 0 aromatic heterocycles. The second-order valence-corrected chi connectivity index (χ2v) is 6.17. The average molecular weight is 299 g/mol. The van der Waals surface area contributed by atoms with Crippen LogP contribution in [0.1, 0.15) is 6.92 Å². The molecule has 0 unspecified atom stereocenters. The number of amides is 2. The SMILES string of the molecule is C[C@@H](Sc1ccc(Cl)cc1)C(=O)N1CCNC(=O)C1. The van der Waals surface area contributed by atoms with E-state index in [-0.39, 0.29) is 23.6 Å². The van der Waals surface area contributed by atoms with Gasteiger partial charge in [-0.3, -0.25) is 9.59 Å². The maximum atomic E-state index is 12.2. The largest absolute Gasteiger partial charge is 0.353 e. The third-order valence-electron chi connectivity index (χ3n) is 2.82. The minimum absolute atomic E-state index is 0.00481. The molecule has 1 N–H and O–H groups in total. The molecule has 102 valence electrons. The van der Waals surface area contributed by atoms with E-state index in [0.29, 0.717) is 18.1 Å². The minimum Gasteiger partial charge on any atom is -0.353 e. The van der Waals surface area contributed by atoms with E-state index in [4.69, 9.17) is 11.6 Å². The van der Waals surface area contributed by atoms with Crippen molar-refractivity contribution in [2.24, 2.45) is 0 Å². The van der Waals surface area contributed by atoms with Gasteiger partial charge in [0.2, 0.25) is 11.8 Å². The molecule has 0 spiro atoms. The summed E-state index contributed by atoms with van der Waals surface area (Å²) in [5, 5.41) is 3.17. The Hall–Kier alpha value is -1.20. The van der Waals surface area contributed by atoms with Crippen LogP contribution in [0.25, 0.3) is 0 Å². The first kappa shape index (κ1) is 14.2. The number of benzene rings is 1. The molecule has 0 bridgehead atoms. The zero-order valence-corrected chi connectivity index (χ0v) is 12.1. The first-order valence-corrected chi connectivity index (χ1v) is 7.30. The molecule has 0 radical (unpaired) electrons. The molecule has 1 aliphatic rings. The fraction of sp³-hybridized carbons (Fsp3) is 0.385. The van der Waals surface area contributed by atoms with E-state index in [2.05, 4.69) is 5.32 Å². The third-order valence-corrected chi connectivity index (χ3v) is 4.18. The minimum atomic E-state index is -0.216. The summed E-state index contributed by atoms with van der Waals surface area (Å²) in [5.74, 6) is -0.0990. The summed E-state index contributed by atoms with van der Waals surface area (Å²) in [4.78, 5) is 26.1. The lowest BCUT2D eigenvalue weighted by molar-refractivity contribution is -0.137. The highest BCUT2D eigenvalue weighted by Gasteiger charge is 2.25. The first-order chi connectivity index (χ1) is 9.06. The molecule has 19 heavy (non-hydrogen) atoms. The van der Waals surface area contributed by atoms with Crippen LogP contribution in [0, 0.1) is 0 Å². The molecule has 0 aliphatic carbocycles. The number of carbonyl (C=O) groups excluding carboxylic acids is 2. The van der Waals surface area contributed by atoms with Crippen LogP contribution in [0.2, 0.25) is 5.02 Å². The van der Waals surface area contributed by atoms with Gasteiger partial charge in [-0.1, -0.05) is 11.6 Å². The van der Waals surface area contributed by atoms with Crippen LogP contribution in [0.15, 0.2) is 29.2 Å². The molecule has 1 aromatic rings. The highest BCUT2D eigenvalue weighted by molar-refractivity contribution is 8.00. The lowest BCUT2D eigenvalue weighted by Gasteiger charge is -2.28. The van der Waals surface area contributed by atoms with Gasteiger partial charge in [-0.25, -0.2) is 0 Å². The van der Waals surface area contributed by atoms with E-state index in [1.807, 2.05) is 19.1 Å². The van der Waals surface area contributed by atoms with Crippen molar-refractivity contribution in [2.75, 3.05) is 19.6 Å². The first-order valence-electron chi connectivity index (χ1n) is 6.04. The number of piperazine rings is 1. The molecule has 0 saturated carbocycles. The summed E-state index contributed by atoms with van der Waals surface area (Å²) in [6, 6.07) is 7.38. The highest BCUT2D eigenvalue weighted by atomic mass is 35.5. The predicted molar refractivity (Wildman–Crippen MR) is 76.4 cm³/mol. The van der Waals surface area contributed by atoms with Gasteiger partial charge in [0.15, 0.2) is 0 Å². The molecule has 1 aromatic carbocycles. The second-order valence-electron chi connectivity index (χ2n) is 4.32. The molecule has 4 nitrogen and oxygen atoms in total. The van der Waals surface area contributed by atoms with E-state index in [1.54, 1.807) is 17.0 Å². The Morgan fingerprint density at radius 2 is 2.11 bits per heavy atom. The van der Waals surface area contributed by atoms with Crippen molar-refractivity contribution in [1.29, 1.82) is 0 Å². The Morgan fingerprint density at radius 3 is 2.74 bits per heavy atom. The monoisotopic (exact) mass is 298 g/mol. The van der Waals surface area contributed by atoms with Crippen molar-refractivity contribution in [3.05, 3.63) is 29.3 Å². The Bertz CT molecular complexity index is 478. The van der Waals surface area contributed by atoms with E-state index in [1.165, 1.54) is 11.8 Å². The number of halogens is 1. The molecule has 1 atom stereocenters. The van der Waals surface area contributed by atoms with Crippen molar-refractivity contribution in [1.82, 2.24) is 10.2 Å². The Morgan fingerprint density at radius 1 is 1.42 bits per heavy atom. The van der Waals surface area contributed by atoms with Crippen LogP contribution < -0.4 is 5.32 Å². The zero-order chi connectivity index (χ0) is 13.8. The molecule has 1 heterocycles. The van der Waals surface area contributed by atoms with Crippen LogP contribution in [0.3, 0.4) is 0 Å². The van der Waals surface area contributed by atoms with Gasteiger partial charge < -0.3 is 10.2 Å². The molecular formula is C13H15ClN2O2S. The van der Waals surface area contributed by atoms with Crippen molar-refractivity contribution < 1.29 is 9.59 Å². The van der Waals surface area contributed by atoms with Crippen molar-refractivity contribution in [3.8, 4) is 0 Å². The number of nitrogens with zero attached hydrogens (tertiary/aromatic N) is 1. The molecule has 2 rings (SSSR count). The van der Waals surface area contributed by atoms with Crippen LogP contribution in [-0.4, -0.2) is 41.6 Å². The lowest BCUT2D eigenvalue weighted by atomic mass is 10.3. The molecule has 6 heteroatoms. The van der Waals surface area contributed by atoms with E-state index in [9.17, 15) is 9.59 Å². The van der Waals surface area contributed by atoms with E-state index in [0.717, 1.165) is 4.90 Å². The van der Waals surface area contributed by atoms with Crippen LogP contribution >= 0.6 is 23.4 Å². The third kappa shape index (κ3) is 3.88. The molecule has 1 aliphatic heterocycles. The highest BCUT2D eigenvalue weighted by Crippen LogP contribution is 2.25. The number of nitrogens with one attached hydrogen (secondary N) is 1. The molecule has 1 fully saturated rings. The van der Waals surface area contributed by atoms with Crippen molar-refractivity contribution in [2.45, 2.75) is 17.1 Å². The molecule has 2 amide bonds. The molecule has 1 saturated heterocycles. The van der Waals surface area contributed by atoms with Crippen LogP contribution in [-0.2, 0) is 9.59 Å². The maximum Gasteiger partial charge on any atom is 0.239 e. The van der Waals surface area contributed by atoms with Gasteiger partial charge in [-0.05, 0) is 31.2 Å². The smallest absolute Gasteiger partial charge is 0.239 e. The van der Waals surface area contributed by atoms with E-state index >= 15 is 0 Å². The van der Waals surface area contributed by atoms with Crippen molar-refractivity contribution >= 4 is 35.2 Å². The molecular weight excluding hydrogens is 284 g/mol. The Balaban J connectivity index is 1.95. The van der Waals surface area contributed by atoms with Gasteiger partial charge in [-0.15, -0.1) is 11.8 Å². The van der Waals surface area contributed by atoms with Gasteiger partial charge >= 0.3 is 0 Å². The number of carbonyl (C=O) groups is 2. The maximum absolute atomic E-state index is 12.2. The normalized spacial score (nSPS) is 16.9. The van der Waals surface area contributed by atoms with Crippen molar-refractivity contribution in [3.63, 3.8) is 0 Å². The summed E-state index contributed by atoms with van der Waals surface area (Å²) >= 11 is 7.29. The summed E-state index contributed by atoms with van der Waals surface area (Å²) in [7, 11) is 0. The van der Waals surface area contributed by atoms with Crippen LogP contribution in [0.5, 0.6) is 0 Å². The zero-order valence-electron chi connectivity index (χ0n) is 10.6. The summed E-state index contributed by atoms with van der Waals surface area (Å²) in [6.07, 6.45) is 0. The van der Waals surface area contributed by atoms with Gasteiger partial charge in [0.05, 0.1) is 11.8 Å². The number of thioether (sulfide) groups is 1. The summed E-state index contributed by atoms with van der Waals surface area (Å²) in [6.45, 7) is 3.12. The topological polar surface area (TPSA) is 49.4 Å². The van der Waals surface area contributed by atoms with Gasteiger partial charge in [0.1, 0.15) is 0 Å². The summed E-state index contributed by atoms with van der Waals surface area (Å²) < 4.78 is 0. The van der Waals surface area contributed by atoms with Gasteiger partial charge in [0, 0.05) is 23.0 Å². The summed E-state index contributed by atoms with van der Waals surface area (Å²) in [5.41, 5.74) is 0. The van der Waals surface area contributed by atoms with Gasteiger partial charge in [-0.2, -0.15) is 0 Å². The fourth-order valence-electron chi connectivity index (χ4n) is 1.85. The Labute approximate surface area is 121 Å². The standard InChI is InChI=1S/C13H15ClN2O2S/c1-9(19-11-4-2-10(14)3-5-11)13(18)16-7-6-15-12(17)8-16/h2-5,9H,6-8H2,1H3,(H,15,17)/t9-/m1/s1. The number of rotatable bonds is 3. The fourth-order valence-corrected chi connectivity index (χ4v) is 2.93. The van der Waals surface area contributed by atoms with E-state index < -0.39 is 0 Å². The quantitative estimate of drug-likeness (QED) is 0.866. The predicted octanol–water partition coefficient (Wildman–Crippen LogP) is 1.78. The lowest BCUT2D eigenvalue weighted by Crippen LogP contribution is -2.51. The number of hydrogen-bond acceptors (Lipinski definition) is 3. The number of hydrogen-bond donors (Lipinski definition) is 1. The second kappa shape index (κ2) is 6.30. The Kier molecular flexibility index (Phi) is 4.71. The van der Waals surface area contributed by atoms with Crippen LogP contribution in [0.4, 0.5) is 0 Å². The average Bonchev–Trinajstić information content (AvgIpc) is 2.40.